The summed E-state index contributed by atoms with van der Waals surface area (Å²) in [6, 6.07) is 0. The van der Waals surface area contributed by atoms with Crippen LogP contribution in [0.1, 0.15) is 13.3 Å². The van der Waals surface area contributed by atoms with Gasteiger partial charge in [0.1, 0.15) is 0 Å². The van der Waals surface area contributed by atoms with E-state index in [0.29, 0.717) is 0 Å². The molecule has 0 heterocycles. The van der Waals surface area contributed by atoms with Gasteiger partial charge < -0.3 is 0 Å². The molecule has 0 aliphatic carbocycles. The first kappa shape index (κ1) is 7.77. The minimum absolute atomic E-state index is 0.148. The summed E-state index contributed by atoms with van der Waals surface area (Å²) in [4.78, 5) is 0. The second-order valence-electron chi connectivity index (χ2n) is 1.63. The van der Waals surface area contributed by atoms with E-state index < -0.39 is 0 Å². The molecule has 1 unspecified atom stereocenters. The van der Waals surface area contributed by atoms with E-state index in [4.69, 9.17) is 11.6 Å². The molecule has 1 atom stereocenters. The Balaban J connectivity index is 3.19. The molecule has 8 heavy (non-hydrogen) atoms. The lowest BCUT2D eigenvalue weighted by atomic mass is 10.3. The molecule has 46 valence electrons. The first-order valence-electron chi connectivity index (χ1n) is 2.69. The van der Waals surface area contributed by atoms with Gasteiger partial charge in [-0.3, -0.25) is 0 Å². The zero-order valence-corrected chi connectivity index (χ0v) is 5.86. The molecule has 0 saturated carbocycles. The second-order valence-corrected chi connectivity index (χ2v) is 2.32. The average molecular weight is 131 g/mol. The van der Waals surface area contributed by atoms with E-state index in [2.05, 4.69) is 6.58 Å². The monoisotopic (exact) mass is 130 g/mol. The van der Waals surface area contributed by atoms with Crippen molar-refractivity contribution in [1.82, 2.24) is 0 Å². The molecule has 0 spiro atoms. The maximum Gasteiger partial charge on any atom is 0.0487 e. The highest BCUT2D eigenvalue weighted by molar-refractivity contribution is 6.21. The Kier molecular flexibility index (Phi) is 4.78. The van der Waals surface area contributed by atoms with Gasteiger partial charge in [-0.25, -0.2) is 0 Å². The summed E-state index contributed by atoms with van der Waals surface area (Å²) >= 11 is 5.59. The lowest BCUT2D eigenvalue weighted by molar-refractivity contribution is 1.21. The van der Waals surface area contributed by atoms with Crippen LogP contribution in [0.5, 0.6) is 0 Å². The van der Waals surface area contributed by atoms with Gasteiger partial charge in [0.2, 0.25) is 0 Å². The van der Waals surface area contributed by atoms with Crippen molar-refractivity contribution in [3.8, 4) is 0 Å². The first-order chi connectivity index (χ1) is 3.77. The van der Waals surface area contributed by atoms with Crippen LogP contribution in [0.25, 0.3) is 0 Å². The summed E-state index contributed by atoms with van der Waals surface area (Å²) in [6.45, 7) is 5.49. The van der Waals surface area contributed by atoms with Crippen molar-refractivity contribution >= 4 is 11.6 Å². The third-order valence-corrected chi connectivity index (χ3v) is 0.850. The molecular formula is C7H11Cl. The highest BCUT2D eigenvalue weighted by Gasteiger charge is 1.81. The van der Waals surface area contributed by atoms with E-state index in [9.17, 15) is 0 Å². The number of halogens is 1. The van der Waals surface area contributed by atoms with Crippen LogP contribution >= 0.6 is 11.6 Å². The molecule has 0 N–H and O–H groups in total. The van der Waals surface area contributed by atoms with Gasteiger partial charge in [-0.2, -0.15) is 0 Å². The van der Waals surface area contributed by atoms with Crippen LogP contribution in [0, 0.1) is 0 Å². The van der Waals surface area contributed by atoms with Crippen molar-refractivity contribution in [3.05, 3.63) is 24.8 Å². The summed E-state index contributed by atoms with van der Waals surface area (Å²) in [5, 5.41) is 0.148. The first-order valence-corrected chi connectivity index (χ1v) is 3.12. The zero-order chi connectivity index (χ0) is 6.41. The van der Waals surface area contributed by atoms with Crippen molar-refractivity contribution < 1.29 is 0 Å². The van der Waals surface area contributed by atoms with Gasteiger partial charge in [0.15, 0.2) is 0 Å². The highest BCUT2D eigenvalue weighted by Crippen LogP contribution is 1.95. The minimum atomic E-state index is 0.148. The van der Waals surface area contributed by atoms with Crippen LogP contribution in [0.2, 0.25) is 0 Å². The van der Waals surface area contributed by atoms with Crippen molar-refractivity contribution in [2.24, 2.45) is 0 Å². The van der Waals surface area contributed by atoms with Crippen LogP contribution in [-0.2, 0) is 0 Å². The molecule has 0 radical (unpaired) electrons. The number of hydrogen-bond donors (Lipinski definition) is 0. The van der Waals surface area contributed by atoms with Gasteiger partial charge in [0, 0.05) is 5.38 Å². The average Bonchev–Trinajstić information content (AvgIpc) is 1.66. The fourth-order valence-corrected chi connectivity index (χ4v) is 0.465. The third-order valence-electron chi connectivity index (χ3n) is 0.704. The zero-order valence-electron chi connectivity index (χ0n) is 5.10. The lowest BCUT2D eigenvalue weighted by Gasteiger charge is -1.86. The van der Waals surface area contributed by atoms with Crippen LogP contribution in [0.3, 0.4) is 0 Å². The molecule has 0 aromatic carbocycles. The molecule has 0 amide bonds. The van der Waals surface area contributed by atoms with Crippen molar-refractivity contribution in [1.29, 1.82) is 0 Å². The molecule has 0 rings (SSSR count). The van der Waals surface area contributed by atoms with Gasteiger partial charge in [0.25, 0.3) is 0 Å². The molecule has 0 fully saturated rings. The fraction of sp³-hybridized carbons (Fsp3) is 0.429. The Morgan fingerprint density at radius 3 is 2.75 bits per heavy atom. The molecule has 1 heteroatoms. The fourth-order valence-electron chi connectivity index (χ4n) is 0.362. The molecule has 0 aromatic rings. The molecule has 0 aliphatic rings. The Morgan fingerprint density at radius 2 is 2.38 bits per heavy atom. The van der Waals surface area contributed by atoms with Crippen LogP contribution in [0.15, 0.2) is 24.8 Å². The molecule has 0 aromatic heterocycles. The predicted molar refractivity (Wildman–Crippen MR) is 39.3 cm³/mol. The van der Waals surface area contributed by atoms with Crippen LogP contribution in [0.4, 0.5) is 0 Å². The smallest absolute Gasteiger partial charge is 0.0487 e. The Labute approximate surface area is 55.9 Å². The summed E-state index contributed by atoms with van der Waals surface area (Å²) in [5.74, 6) is 0. The van der Waals surface area contributed by atoms with E-state index in [1.807, 2.05) is 25.2 Å². The summed E-state index contributed by atoms with van der Waals surface area (Å²) in [6.07, 6.45) is 6.71. The number of hydrogen-bond acceptors (Lipinski definition) is 0. The van der Waals surface area contributed by atoms with E-state index in [0.717, 1.165) is 6.42 Å². The second kappa shape index (κ2) is 4.92. The Hall–Kier alpha value is -0.230. The molecule has 0 bridgehead atoms. The molecular weight excluding hydrogens is 120 g/mol. The van der Waals surface area contributed by atoms with Crippen molar-refractivity contribution in [2.75, 3.05) is 0 Å². The topological polar surface area (TPSA) is 0 Å². The third kappa shape index (κ3) is 5.77. The van der Waals surface area contributed by atoms with Gasteiger partial charge in [-0.15, -0.1) is 18.2 Å². The number of allylic oxidation sites excluding steroid dienone is 3. The predicted octanol–water partition coefficient (Wildman–Crippen LogP) is 2.75. The van der Waals surface area contributed by atoms with Crippen molar-refractivity contribution in [3.63, 3.8) is 0 Å². The van der Waals surface area contributed by atoms with Gasteiger partial charge in [-0.1, -0.05) is 18.2 Å². The van der Waals surface area contributed by atoms with Gasteiger partial charge in [0.05, 0.1) is 0 Å². The molecule has 0 aliphatic heterocycles. The van der Waals surface area contributed by atoms with E-state index in [1.165, 1.54) is 0 Å². The summed E-state index contributed by atoms with van der Waals surface area (Å²) < 4.78 is 0. The Morgan fingerprint density at radius 1 is 1.75 bits per heavy atom. The van der Waals surface area contributed by atoms with Gasteiger partial charge >= 0.3 is 0 Å². The lowest BCUT2D eigenvalue weighted by Crippen LogP contribution is -1.78. The van der Waals surface area contributed by atoms with Crippen LogP contribution in [-0.4, -0.2) is 5.38 Å². The van der Waals surface area contributed by atoms with Crippen LogP contribution < -0.4 is 0 Å². The number of alkyl halides is 1. The highest BCUT2D eigenvalue weighted by atomic mass is 35.5. The summed E-state index contributed by atoms with van der Waals surface area (Å²) in [5.41, 5.74) is 0. The van der Waals surface area contributed by atoms with E-state index in [-0.39, 0.29) is 5.38 Å². The SMILES string of the molecule is C=CC/C=C/C(C)Cl. The molecule has 0 nitrogen and oxygen atoms in total. The normalized spacial score (nSPS) is 14.2. The van der Waals surface area contributed by atoms with Crippen molar-refractivity contribution in [2.45, 2.75) is 18.7 Å². The quantitative estimate of drug-likeness (QED) is 0.407. The summed E-state index contributed by atoms with van der Waals surface area (Å²) in [7, 11) is 0. The van der Waals surface area contributed by atoms with E-state index in [1.54, 1.807) is 0 Å². The maximum absolute atomic E-state index is 5.59. The standard InChI is InChI=1S/C7H11Cl/c1-3-4-5-6-7(2)8/h3,5-7H,1,4H2,2H3/b6-5+. The Bertz CT molecular complexity index is 82.4. The largest absolute Gasteiger partial charge is 0.119 e. The minimum Gasteiger partial charge on any atom is -0.119 e. The van der Waals surface area contributed by atoms with E-state index >= 15 is 0 Å². The maximum atomic E-state index is 5.59. The van der Waals surface area contributed by atoms with Gasteiger partial charge in [-0.05, 0) is 13.3 Å². The molecule has 0 saturated heterocycles. The number of rotatable bonds is 3.